The average molecular weight is 356 g/mol. The molecule has 0 aliphatic heterocycles. The van der Waals surface area contributed by atoms with Gasteiger partial charge in [0.25, 0.3) is 0 Å². The molecule has 108 valence electrons. The molecule has 0 amide bonds. The zero-order valence-corrected chi connectivity index (χ0v) is 16.4. The van der Waals surface area contributed by atoms with Crippen LogP contribution in [0.25, 0.3) is 6.08 Å². The van der Waals surface area contributed by atoms with E-state index in [2.05, 4.69) is 71.9 Å². The molecule has 0 saturated carbocycles. The summed E-state index contributed by atoms with van der Waals surface area (Å²) in [6, 6.07) is 8.93. The van der Waals surface area contributed by atoms with E-state index in [1.54, 1.807) is 25.6 Å². The number of fused-ring (bicyclic) bond motifs is 1. The Morgan fingerprint density at radius 2 is 1.52 bits per heavy atom. The molecule has 2 aliphatic carbocycles. The fraction of sp³-hybridized carbons (Fsp3) is 0.400. The molecule has 0 bridgehead atoms. The van der Waals surface area contributed by atoms with Gasteiger partial charge >= 0.3 is 141 Å². The van der Waals surface area contributed by atoms with Gasteiger partial charge in [0.2, 0.25) is 0 Å². The Morgan fingerprint density at radius 3 is 2.10 bits per heavy atom. The van der Waals surface area contributed by atoms with E-state index in [1.807, 2.05) is 0 Å². The van der Waals surface area contributed by atoms with E-state index in [-0.39, 0.29) is 0 Å². The van der Waals surface area contributed by atoms with E-state index in [0.29, 0.717) is 9.04 Å². The first kappa shape index (κ1) is 15.2. The monoisotopic (exact) mass is 354 g/mol. The van der Waals surface area contributed by atoms with Crippen molar-refractivity contribution in [2.75, 3.05) is 0 Å². The van der Waals surface area contributed by atoms with Gasteiger partial charge in [0.05, 0.1) is 0 Å². The fourth-order valence-electron chi connectivity index (χ4n) is 3.71. The van der Waals surface area contributed by atoms with Gasteiger partial charge in [-0.15, -0.1) is 0 Å². The van der Waals surface area contributed by atoms with Gasteiger partial charge in [-0.25, -0.2) is 0 Å². The van der Waals surface area contributed by atoms with Crippen LogP contribution in [0.3, 0.4) is 0 Å². The molecule has 1 unspecified atom stereocenters. The Morgan fingerprint density at radius 1 is 0.952 bits per heavy atom. The van der Waals surface area contributed by atoms with Crippen molar-refractivity contribution in [3.8, 4) is 0 Å². The van der Waals surface area contributed by atoms with Gasteiger partial charge < -0.3 is 0 Å². The Kier molecular flexibility index (Phi) is 3.77. The molecule has 21 heavy (non-hydrogen) atoms. The summed E-state index contributed by atoms with van der Waals surface area (Å²) >= 11 is -0.694. The Hall–Kier alpha value is -0.677. The number of hydrogen-bond donors (Lipinski definition) is 0. The summed E-state index contributed by atoms with van der Waals surface area (Å²) in [6.45, 7) is 14.2. The normalized spacial score (nSPS) is 23.5. The van der Waals surface area contributed by atoms with Crippen LogP contribution >= 0.6 is 0 Å². The van der Waals surface area contributed by atoms with E-state index in [0.717, 1.165) is 0 Å². The number of allylic oxidation sites excluding steroid dienone is 5. The fourth-order valence-corrected chi connectivity index (χ4v) is 8.45. The van der Waals surface area contributed by atoms with Crippen LogP contribution in [-0.2, 0) is 23.2 Å². The first-order valence-corrected chi connectivity index (χ1v) is 10.3. The van der Waals surface area contributed by atoms with Gasteiger partial charge in [0.15, 0.2) is 0 Å². The molecule has 0 saturated heterocycles. The van der Waals surface area contributed by atoms with Crippen LogP contribution in [0.4, 0.5) is 0 Å². The van der Waals surface area contributed by atoms with Crippen LogP contribution in [0.1, 0.15) is 58.6 Å². The second-order valence-electron chi connectivity index (χ2n) is 6.70. The molecular formula is C20H24Zr. The molecule has 0 N–H and O–H groups in total. The zero-order valence-electron chi connectivity index (χ0n) is 14.0. The third-order valence-electron chi connectivity index (χ3n) is 5.82. The molecule has 0 heterocycles. The second-order valence-corrected chi connectivity index (χ2v) is 11.2. The molecule has 0 radical (unpaired) electrons. The van der Waals surface area contributed by atoms with Gasteiger partial charge in [-0.05, 0) is 0 Å². The van der Waals surface area contributed by atoms with Crippen LogP contribution < -0.4 is 0 Å². The first-order valence-electron chi connectivity index (χ1n) is 7.81. The molecule has 3 rings (SSSR count). The second kappa shape index (κ2) is 5.20. The van der Waals surface area contributed by atoms with Crippen LogP contribution in [0, 0.1) is 0 Å². The maximum absolute atomic E-state index is 2.50. The summed E-state index contributed by atoms with van der Waals surface area (Å²) < 4.78 is 2.13. The van der Waals surface area contributed by atoms with Crippen molar-refractivity contribution in [3.05, 3.63) is 61.0 Å². The minimum absolute atomic E-state index is 0.375. The van der Waals surface area contributed by atoms with Crippen molar-refractivity contribution in [2.24, 2.45) is 0 Å². The van der Waals surface area contributed by atoms with Crippen LogP contribution in [0.5, 0.6) is 0 Å². The van der Waals surface area contributed by atoms with Gasteiger partial charge in [-0.1, -0.05) is 0 Å². The molecule has 1 aromatic carbocycles. The molecule has 0 fully saturated rings. The van der Waals surface area contributed by atoms with E-state index in [9.17, 15) is 0 Å². The summed E-state index contributed by atoms with van der Waals surface area (Å²) in [5.41, 5.74) is 9.34. The van der Waals surface area contributed by atoms with Crippen LogP contribution in [0.15, 0.2) is 49.8 Å². The maximum atomic E-state index is 2.50. The van der Waals surface area contributed by atoms with Gasteiger partial charge in [-0.3, -0.25) is 0 Å². The number of benzene rings is 1. The van der Waals surface area contributed by atoms with Crippen LogP contribution in [0.2, 0.25) is 3.12 Å². The summed E-state index contributed by atoms with van der Waals surface area (Å²) in [6.07, 6.45) is 2.50. The Balaban J connectivity index is 1.97. The molecule has 0 spiro atoms. The molecular weight excluding hydrogens is 331 g/mol. The zero-order chi connectivity index (χ0) is 15.4. The quantitative estimate of drug-likeness (QED) is 0.602. The molecule has 2 aliphatic rings. The van der Waals surface area contributed by atoms with Crippen molar-refractivity contribution >= 4 is 6.08 Å². The minimum atomic E-state index is -0.694. The molecule has 0 aromatic heterocycles. The third kappa shape index (κ3) is 2.20. The van der Waals surface area contributed by atoms with Gasteiger partial charge in [-0.2, -0.15) is 0 Å². The molecule has 0 nitrogen and oxygen atoms in total. The van der Waals surface area contributed by atoms with Gasteiger partial charge in [0.1, 0.15) is 0 Å². The van der Waals surface area contributed by atoms with E-state index < -0.39 is 23.2 Å². The Bertz CT molecular complexity index is 676. The van der Waals surface area contributed by atoms with Crippen LogP contribution in [-0.4, -0.2) is 0 Å². The first-order chi connectivity index (χ1) is 9.86. The van der Waals surface area contributed by atoms with Crippen molar-refractivity contribution in [3.63, 3.8) is 0 Å². The number of rotatable bonds is 2. The molecule has 1 aromatic rings. The van der Waals surface area contributed by atoms with Crippen molar-refractivity contribution in [1.82, 2.24) is 0 Å². The molecule has 1 heteroatoms. The van der Waals surface area contributed by atoms with Crippen molar-refractivity contribution in [1.29, 1.82) is 0 Å². The van der Waals surface area contributed by atoms with Gasteiger partial charge in [0, 0.05) is 0 Å². The predicted molar refractivity (Wildman–Crippen MR) is 87.9 cm³/mol. The SMILES string of the molecule is CC1=C(C)[C](C)([Zr][C]2=Cc3ccccc3C2C)C(C)=C1C. The average Bonchev–Trinajstić information content (AvgIpc) is 2.86. The van der Waals surface area contributed by atoms with Crippen molar-refractivity contribution in [2.45, 2.75) is 50.6 Å². The van der Waals surface area contributed by atoms with E-state index in [4.69, 9.17) is 0 Å². The predicted octanol–water partition coefficient (Wildman–Crippen LogP) is 6.09. The Labute approximate surface area is 140 Å². The summed E-state index contributed by atoms with van der Waals surface area (Å²) in [5, 5.41) is 0. The van der Waals surface area contributed by atoms with E-state index in [1.165, 1.54) is 11.1 Å². The topological polar surface area (TPSA) is 0 Å². The third-order valence-corrected chi connectivity index (χ3v) is 11.0. The summed E-state index contributed by atoms with van der Waals surface area (Å²) in [7, 11) is 0. The van der Waals surface area contributed by atoms with E-state index >= 15 is 0 Å². The number of hydrogen-bond acceptors (Lipinski definition) is 0. The summed E-state index contributed by atoms with van der Waals surface area (Å²) in [4.78, 5) is 0. The standard InChI is InChI=1S/C10H9.C10H15.Zr/c1-8-6-7-9-4-2-3-5-10(8)9;1-6-7(2)9(4)10(5)8(6)3;/h2-5,7-8H,1H3;1-5H3;. The van der Waals surface area contributed by atoms with Crippen molar-refractivity contribution < 1.29 is 23.2 Å². The molecule has 1 atom stereocenters. The summed E-state index contributed by atoms with van der Waals surface area (Å²) in [5.74, 6) is 0.631.